The van der Waals surface area contributed by atoms with Crippen molar-refractivity contribution in [1.82, 2.24) is 4.57 Å². The molecule has 0 saturated heterocycles. The van der Waals surface area contributed by atoms with Crippen LogP contribution >= 0.6 is 22.7 Å². The third-order valence-electron chi connectivity index (χ3n) is 3.01. The molecule has 0 saturated carbocycles. The van der Waals surface area contributed by atoms with Crippen LogP contribution in [-0.4, -0.2) is 4.57 Å². The number of terminal acetylenes is 1. The van der Waals surface area contributed by atoms with Gasteiger partial charge in [0.2, 0.25) is 0 Å². The lowest BCUT2D eigenvalue weighted by Crippen LogP contribution is -2.00. The first-order valence-corrected chi connectivity index (χ1v) is 7.87. The molecule has 0 atom stereocenters. The first-order chi connectivity index (χ1) is 9.40. The van der Waals surface area contributed by atoms with E-state index >= 15 is 0 Å². The molecule has 0 N–H and O–H groups in total. The van der Waals surface area contributed by atoms with Crippen LogP contribution in [0.1, 0.15) is 6.42 Å². The maximum Gasteiger partial charge on any atom is 0.0587 e. The average molecular weight is 283 g/mol. The summed E-state index contributed by atoms with van der Waals surface area (Å²) in [6, 6.07) is 12.9. The van der Waals surface area contributed by atoms with E-state index in [9.17, 15) is 0 Å². The topological polar surface area (TPSA) is 4.93 Å². The van der Waals surface area contributed by atoms with E-state index in [0.717, 1.165) is 13.0 Å². The monoisotopic (exact) mass is 283 g/mol. The average Bonchev–Trinajstić information content (AvgIpc) is 3.15. The second kappa shape index (κ2) is 5.48. The molecule has 3 heterocycles. The molecule has 3 aromatic rings. The Balaban J connectivity index is 2.09. The molecule has 0 spiro atoms. The van der Waals surface area contributed by atoms with Crippen molar-refractivity contribution in [2.75, 3.05) is 0 Å². The van der Waals surface area contributed by atoms with Gasteiger partial charge in [0, 0.05) is 13.0 Å². The lowest BCUT2D eigenvalue weighted by atomic mass is 10.3. The fourth-order valence-electron chi connectivity index (χ4n) is 2.16. The minimum Gasteiger partial charge on any atom is -0.338 e. The van der Waals surface area contributed by atoms with Gasteiger partial charge in [0.05, 0.1) is 21.1 Å². The normalized spacial score (nSPS) is 10.5. The summed E-state index contributed by atoms with van der Waals surface area (Å²) >= 11 is 3.53. The smallest absolute Gasteiger partial charge is 0.0587 e. The SMILES string of the molecule is C#CCCn1c(-c2cccs2)ccc1-c1cccs1. The first-order valence-electron chi connectivity index (χ1n) is 6.11. The third-order valence-corrected chi connectivity index (χ3v) is 4.79. The van der Waals surface area contributed by atoms with E-state index in [-0.39, 0.29) is 0 Å². The van der Waals surface area contributed by atoms with Gasteiger partial charge >= 0.3 is 0 Å². The molecule has 0 aliphatic heterocycles. The molecule has 0 aliphatic rings. The Hall–Kier alpha value is -1.76. The summed E-state index contributed by atoms with van der Waals surface area (Å²) in [4.78, 5) is 2.58. The highest BCUT2D eigenvalue weighted by atomic mass is 32.1. The van der Waals surface area contributed by atoms with Crippen molar-refractivity contribution in [3.63, 3.8) is 0 Å². The molecule has 0 bridgehead atoms. The lowest BCUT2D eigenvalue weighted by molar-refractivity contribution is 0.741. The molecule has 0 fully saturated rings. The molecule has 0 unspecified atom stereocenters. The highest BCUT2D eigenvalue weighted by Gasteiger charge is 2.12. The maximum absolute atomic E-state index is 5.42. The second-order valence-corrected chi connectivity index (χ2v) is 6.06. The molecule has 3 heteroatoms. The molecule has 0 aromatic carbocycles. The van der Waals surface area contributed by atoms with Crippen molar-refractivity contribution in [3.05, 3.63) is 47.2 Å². The van der Waals surface area contributed by atoms with Gasteiger partial charge in [0.15, 0.2) is 0 Å². The molecule has 3 aromatic heterocycles. The highest BCUT2D eigenvalue weighted by Crippen LogP contribution is 2.33. The van der Waals surface area contributed by atoms with Crippen LogP contribution in [0.2, 0.25) is 0 Å². The fraction of sp³-hybridized carbons (Fsp3) is 0.125. The van der Waals surface area contributed by atoms with Crippen LogP contribution in [0.5, 0.6) is 0 Å². The van der Waals surface area contributed by atoms with Gasteiger partial charge < -0.3 is 4.57 Å². The van der Waals surface area contributed by atoms with E-state index in [1.165, 1.54) is 21.1 Å². The molecule has 0 amide bonds. The number of nitrogens with zero attached hydrogens (tertiary/aromatic N) is 1. The first kappa shape index (κ1) is 12.3. The van der Waals surface area contributed by atoms with E-state index in [1.807, 2.05) is 0 Å². The zero-order valence-electron chi connectivity index (χ0n) is 10.4. The van der Waals surface area contributed by atoms with E-state index in [2.05, 4.69) is 57.6 Å². The number of hydrogen-bond donors (Lipinski definition) is 0. The molecule has 3 rings (SSSR count). The van der Waals surface area contributed by atoms with Crippen molar-refractivity contribution in [2.45, 2.75) is 13.0 Å². The summed E-state index contributed by atoms with van der Waals surface area (Å²) in [5, 5.41) is 4.22. The zero-order chi connectivity index (χ0) is 13.1. The van der Waals surface area contributed by atoms with E-state index in [0.29, 0.717) is 0 Å². The van der Waals surface area contributed by atoms with Crippen molar-refractivity contribution in [2.24, 2.45) is 0 Å². The minimum absolute atomic E-state index is 0.755. The number of thiophene rings is 2. The summed E-state index contributed by atoms with van der Waals surface area (Å²) in [5.41, 5.74) is 2.52. The summed E-state index contributed by atoms with van der Waals surface area (Å²) < 4.78 is 2.33. The van der Waals surface area contributed by atoms with Crippen LogP contribution in [0.25, 0.3) is 21.1 Å². The quantitative estimate of drug-likeness (QED) is 0.596. The predicted molar refractivity (Wildman–Crippen MR) is 84.5 cm³/mol. The standard InChI is InChI=1S/C16H13NS2/c1-2-3-10-17-13(15-6-4-11-18-15)8-9-14(17)16-7-5-12-19-16/h1,4-9,11-12H,3,10H2. The van der Waals surface area contributed by atoms with Crippen LogP contribution in [-0.2, 0) is 6.54 Å². The Labute approximate surface area is 121 Å². The van der Waals surface area contributed by atoms with Crippen molar-refractivity contribution >= 4 is 22.7 Å². The van der Waals surface area contributed by atoms with Crippen molar-refractivity contribution in [1.29, 1.82) is 0 Å². The van der Waals surface area contributed by atoms with Crippen LogP contribution in [0, 0.1) is 12.3 Å². The molecule has 1 nitrogen and oxygen atoms in total. The zero-order valence-corrected chi connectivity index (χ0v) is 12.0. The highest BCUT2D eigenvalue weighted by molar-refractivity contribution is 7.14. The lowest BCUT2D eigenvalue weighted by Gasteiger charge is -2.10. The number of rotatable bonds is 4. The predicted octanol–water partition coefficient (Wildman–Crippen LogP) is 4.97. The Morgan fingerprint density at radius 1 is 0.947 bits per heavy atom. The number of hydrogen-bond acceptors (Lipinski definition) is 2. The van der Waals surface area contributed by atoms with Gasteiger partial charge in [-0.25, -0.2) is 0 Å². The molecule has 94 valence electrons. The Morgan fingerprint density at radius 3 is 1.95 bits per heavy atom. The number of aromatic nitrogens is 1. The maximum atomic E-state index is 5.42. The van der Waals surface area contributed by atoms with Crippen LogP contribution in [0.15, 0.2) is 47.2 Å². The van der Waals surface area contributed by atoms with Crippen LogP contribution in [0.4, 0.5) is 0 Å². The fourth-order valence-corrected chi connectivity index (χ4v) is 3.68. The largest absolute Gasteiger partial charge is 0.338 e. The summed E-state index contributed by atoms with van der Waals surface area (Å²) in [6.07, 6.45) is 6.18. The Bertz CT molecular complexity index is 630. The summed E-state index contributed by atoms with van der Waals surface area (Å²) in [5.74, 6) is 2.74. The molecular formula is C16H13NS2. The van der Waals surface area contributed by atoms with Gasteiger partial charge in [0.1, 0.15) is 0 Å². The van der Waals surface area contributed by atoms with Crippen LogP contribution in [0.3, 0.4) is 0 Å². The Morgan fingerprint density at radius 2 is 1.53 bits per heavy atom. The van der Waals surface area contributed by atoms with Gasteiger partial charge in [0.25, 0.3) is 0 Å². The van der Waals surface area contributed by atoms with Gasteiger partial charge in [-0.05, 0) is 35.0 Å². The van der Waals surface area contributed by atoms with Crippen molar-refractivity contribution in [3.8, 4) is 33.5 Å². The summed E-state index contributed by atoms with van der Waals surface area (Å²) in [7, 11) is 0. The summed E-state index contributed by atoms with van der Waals surface area (Å²) in [6.45, 7) is 0.865. The molecular weight excluding hydrogens is 270 g/mol. The van der Waals surface area contributed by atoms with E-state index < -0.39 is 0 Å². The molecule has 0 radical (unpaired) electrons. The van der Waals surface area contributed by atoms with E-state index in [1.54, 1.807) is 22.7 Å². The van der Waals surface area contributed by atoms with Gasteiger partial charge in [-0.1, -0.05) is 12.1 Å². The molecule has 0 aliphatic carbocycles. The van der Waals surface area contributed by atoms with E-state index in [4.69, 9.17) is 6.42 Å². The third kappa shape index (κ3) is 2.37. The van der Waals surface area contributed by atoms with Crippen LogP contribution < -0.4 is 0 Å². The minimum atomic E-state index is 0.755. The van der Waals surface area contributed by atoms with Crippen molar-refractivity contribution < 1.29 is 0 Å². The van der Waals surface area contributed by atoms with Gasteiger partial charge in [-0.15, -0.1) is 35.0 Å². The second-order valence-electron chi connectivity index (χ2n) is 4.16. The van der Waals surface area contributed by atoms with Gasteiger partial charge in [-0.3, -0.25) is 0 Å². The van der Waals surface area contributed by atoms with Gasteiger partial charge in [-0.2, -0.15) is 0 Å². The molecule has 19 heavy (non-hydrogen) atoms. The Kier molecular flexibility index (Phi) is 3.54.